The third kappa shape index (κ3) is 5.92. The normalized spacial score (nSPS) is 11.6. The van der Waals surface area contributed by atoms with E-state index >= 15 is 0 Å². The van der Waals surface area contributed by atoms with Gasteiger partial charge in [-0.2, -0.15) is 4.98 Å². The topological polar surface area (TPSA) is 71.1 Å². The molecular formula is C25H28N4O2. The summed E-state index contributed by atoms with van der Waals surface area (Å²) in [6.45, 7) is 12.6. The molecule has 0 aliphatic carbocycles. The van der Waals surface area contributed by atoms with Gasteiger partial charge in [0.25, 0.3) is 5.56 Å². The Kier molecular flexibility index (Phi) is 7.38. The van der Waals surface area contributed by atoms with Gasteiger partial charge in [0.15, 0.2) is 0 Å². The van der Waals surface area contributed by atoms with Crippen molar-refractivity contribution >= 4 is 16.6 Å². The van der Waals surface area contributed by atoms with Gasteiger partial charge in [0.1, 0.15) is 5.75 Å². The second-order valence-electron chi connectivity index (χ2n) is 7.53. The molecule has 6 heteroatoms. The zero-order valence-electron chi connectivity index (χ0n) is 17.9. The van der Waals surface area contributed by atoms with Crippen molar-refractivity contribution in [1.82, 2.24) is 15.0 Å². The van der Waals surface area contributed by atoms with E-state index in [9.17, 15) is 4.79 Å². The Morgan fingerprint density at radius 1 is 1.26 bits per heavy atom. The highest BCUT2D eigenvalue weighted by molar-refractivity contribution is 5.76. The van der Waals surface area contributed by atoms with Gasteiger partial charge in [0.05, 0.1) is 17.1 Å². The van der Waals surface area contributed by atoms with E-state index in [0.29, 0.717) is 22.6 Å². The molecule has 1 aromatic carbocycles. The molecule has 1 atom stereocenters. The molecule has 2 heterocycles. The summed E-state index contributed by atoms with van der Waals surface area (Å²) in [5.74, 6) is 1.07. The first-order valence-corrected chi connectivity index (χ1v) is 10.2. The molecule has 31 heavy (non-hydrogen) atoms. The Morgan fingerprint density at radius 3 is 2.74 bits per heavy atom. The first-order valence-electron chi connectivity index (χ1n) is 10.2. The quantitative estimate of drug-likeness (QED) is 0.341. The number of fused-ring (bicyclic) bond motifs is 1. The third-order valence-electron chi connectivity index (χ3n) is 5.17. The van der Waals surface area contributed by atoms with Crippen LogP contribution in [-0.2, 0) is 0 Å². The molecule has 6 nitrogen and oxygen atoms in total. The van der Waals surface area contributed by atoms with Crippen LogP contribution in [0.25, 0.3) is 10.9 Å². The van der Waals surface area contributed by atoms with Crippen molar-refractivity contribution < 1.29 is 4.74 Å². The fraction of sp³-hybridized carbons (Fsp3) is 0.240. The van der Waals surface area contributed by atoms with Crippen molar-refractivity contribution in [3.63, 3.8) is 0 Å². The van der Waals surface area contributed by atoms with Gasteiger partial charge in [-0.05, 0) is 55.5 Å². The zero-order valence-corrected chi connectivity index (χ0v) is 17.9. The first kappa shape index (κ1) is 22.0. The van der Waals surface area contributed by atoms with Crippen molar-refractivity contribution in [3.05, 3.63) is 90.5 Å². The zero-order chi connectivity index (χ0) is 22.2. The number of aromatic nitrogens is 3. The van der Waals surface area contributed by atoms with E-state index in [0.717, 1.165) is 37.1 Å². The number of anilines is 1. The molecule has 0 saturated carbocycles. The van der Waals surface area contributed by atoms with Crippen LogP contribution >= 0.6 is 0 Å². The van der Waals surface area contributed by atoms with Gasteiger partial charge >= 0.3 is 6.01 Å². The molecule has 0 aliphatic heterocycles. The minimum absolute atomic E-state index is 0.139. The second-order valence-corrected chi connectivity index (χ2v) is 7.53. The van der Waals surface area contributed by atoms with Crippen LogP contribution < -0.4 is 15.2 Å². The summed E-state index contributed by atoms with van der Waals surface area (Å²) < 4.78 is 5.75. The van der Waals surface area contributed by atoms with E-state index in [1.54, 1.807) is 18.5 Å². The van der Waals surface area contributed by atoms with Gasteiger partial charge in [0.2, 0.25) is 0 Å². The maximum absolute atomic E-state index is 12.2. The first-order chi connectivity index (χ1) is 15.0. The van der Waals surface area contributed by atoms with E-state index in [-0.39, 0.29) is 11.6 Å². The molecule has 0 fully saturated rings. The monoisotopic (exact) mass is 416 g/mol. The minimum atomic E-state index is -0.258. The summed E-state index contributed by atoms with van der Waals surface area (Å²) in [5.41, 5.74) is 2.37. The minimum Gasteiger partial charge on any atom is -0.426 e. The molecule has 3 aromatic rings. The summed E-state index contributed by atoms with van der Waals surface area (Å²) in [6.07, 6.45) is 9.82. The average molecular weight is 417 g/mol. The molecule has 0 radical (unpaired) electrons. The fourth-order valence-corrected chi connectivity index (χ4v) is 3.40. The summed E-state index contributed by atoms with van der Waals surface area (Å²) in [4.78, 5) is 25.4. The lowest BCUT2D eigenvalue weighted by Crippen LogP contribution is -2.25. The lowest BCUT2D eigenvalue weighted by Gasteiger charge is -2.25. The number of pyridine rings is 1. The van der Waals surface area contributed by atoms with Crippen LogP contribution in [0.3, 0.4) is 0 Å². The second kappa shape index (κ2) is 10.4. The number of rotatable bonds is 11. The number of hydrogen-bond donors (Lipinski definition) is 1. The maximum atomic E-state index is 12.2. The number of benzene rings is 1. The fourth-order valence-electron chi connectivity index (χ4n) is 3.40. The van der Waals surface area contributed by atoms with Crippen molar-refractivity contribution in [2.24, 2.45) is 5.92 Å². The molecule has 0 amide bonds. The standard InChI is InChI=1S/C25H28N4O2/c1-5-7-19(9-8-18(3)6-2)17-29(4)20-10-12-21(13-11-20)31-25-27-23-16-26-15-14-22(23)24(30)28-25/h5-6,10-16,19H,1-3,7-9,17H2,4H3,(H,27,28,30). The highest BCUT2D eigenvalue weighted by atomic mass is 16.5. The Bertz CT molecular complexity index is 1120. The Morgan fingerprint density at radius 2 is 2.03 bits per heavy atom. The SMILES string of the molecule is C=CCC(CCC(=C)C=C)CN(C)c1ccc(Oc2nc3cnccc3c(=O)[nH]2)cc1. The van der Waals surface area contributed by atoms with Gasteiger partial charge in [0, 0.05) is 25.5 Å². The Hall–Kier alpha value is -3.67. The van der Waals surface area contributed by atoms with E-state index in [1.807, 2.05) is 36.4 Å². The van der Waals surface area contributed by atoms with Crippen LogP contribution in [0, 0.1) is 5.92 Å². The van der Waals surface area contributed by atoms with Crippen LogP contribution in [-0.4, -0.2) is 28.5 Å². The number of H-pyrrole nitrogens is 1. The molecule has 1 unspecified atom stereocenters. The highest BCUT2D eigenvalue weighted by Gasteiger charge is 2.12. The van der Waals surface area contributed by atoms with Gasteiger partial charge in [-0.1, -0.05) is 30.9 Å². The van der Waals surface area contributed by atoms with Crippen molar-refractivity contribution in [2.45, 2.75) is 19.3 Å². The molecule has 0 spiro atoms. The van der Waals surface area contributed by atoms with Crippen LogP contribution in [0.2, 0.25) is 0 Å². The number of nitrogens with one attached hydrogen (secondary N) is 1. The summed E-state index contributed by atoms with van der Waals surface area (Å²) in [7, 11) is 2.07. The van der Waals surface area contributed by atoms with Crippen LogP contribution in [0.5, 0.6) is 11.8 Å². The maximum Gasteiger partial charge on any atom is 0.302 e. The van der Waals surface area contributed by atoms with Gasteiger partial charge in [-0.25, -0.2) is 0 Å². The molecule has 0 bridgehead atoms. The molecular weight excluding hydrogens is 388 g/mol. The predicted octanol–water partition coefficient (Wildman–Crippen LogP) is 5.26. The van der Waals surface area contributed by atoms with Crippen LogP contribution in [0.4, 0.5) is 5.69 Å². The molecule has 2 aromatic heterocycles. The Labute approximate surface area is 182 Å². The summed E-state index contributed by atoms with van der Waals surface area (Å²) in [5, 5.41) is 0.477. The van der Waals surface area contributed by atoms with Crippen molar-refractivity contribution in [2.75, 3.05) is 18.5 Å². The number of allylic oxidation sites excluding steroid dienone is 3. The smallest absolute Gasteiger partial charge is 0.302 e. The van der Waals surface area contributed by atoms with E-state index in [2.05, 4.69) is 46.6 Å². The van der Waals surface area contributed by atoms with Crippen LogP contribution in [0.15, 0.2) is 85.0 Å². The molecule has 1 N–H and O–H groups in total. The van der Waals surface area contributed by atoms with E-state index < -0.39 is 0 Å². The molecule has 160 valence electrons. The van der Waals surface area contributed by atoms with Crippen LogP contribution in [0.1, 0.15) is 19.3 Å². The van der Waals surface area contributed by atoms with E-state index in [1.165, 1.54) is 0 Å². The van der Waals surface area contributed by atoms with Gasteiger partial charge in [-0.3, -0.25) is 14.8 Å². The largest absolute Gasteiger partial charge is 0.426 e. The number of aromatic amines is 1. The van der Waals surface area contributed by atoms with Gasteiger partial charge in [-0.15, -0.1) is 6.58 Å². The lowest BCUT2D eigenvalue weighted by atomic mass is 9.96. The number of ether oxygens (including phenoxy) is 1. The summed E-state index contributed by atoms with van der Waals surface area (Å²) in [6, 6.07) is 9.47. The average Bonchev–Trinajstić information content (AvgIpc) is 2.78. The summed E-state index contributed by atoms with van der Waals surface area (Å²) >= 11 is 0. The predicted molar refractivity (Wildman–Crippen MR) is 127 cm³/mol. The number of nitrogens with zero attached hydrogens (tertiary/aromatic N) is 3. The lowest BCUT2D eigenvalue weighted by molar-refractivity contribution is 0.442. The Balaban J connectivity index is 1.66. The van der Waals surface area contributed by atoms with E-state index in [4.69, 9.17) is 4.74 Å². The molecule has 3 rings (SSSR count). The molecule has 0 aliphatic rings. The van der Waals surface area contributed by atoms with Crippen molar-refractivity contribution in [3.8, 4) is 11.8 Å². The third-order valence-corrected chi connectivity index (χ3v) is 5.17. The van der Waals surface area contributed by atoms with Crippen molar-refractivity contribution in [1.29, 1.82) is 0 Å². The van der Waals surface area contributed by atoms with Gasteiger partial charge < -0.3 is 9.64 Å². The number of hydrogen-bond acceptors (Lipinski definition) is 5. The highest BCUT2D eigenvalue weighted by Crippen LogP contribution is 2.24. The molecule has 0 saturated heterocycles.